The van der Waals surface area contributed by atoms with Crippen LogP contribution >= 0.6 is 11.3 Å². The summed E-state index contributed by atoms with van der Waals surface area (Å²) in [6.45, 7) is 1.97. The summed E-state index contributed by atoms with van der Waals surface area (Å²) in [6, 6.07) is 9.17. The molecule has 23 heavy (non-hydrogen) atoms. The molecule has 1 aromatic heterocycles. The lowest BCUT2D eigenvalue weighted by Gasteiger charge is -2.07. The SMILES string of the molecule is COC(=O)NC(=O)c1ccsc1NC(=O)Cc1ccc(C)cc1. The molecular weight excluding hydrogens is 316 g/mol. The Balaban J connectivity index is 2.01. The van der Waals surface area contributed by atoms with Gasteiger partial charge in [-0.2, -0.15) is 0 Å². The van der Waals surface area contributed by atoms with E-state index in [1.54, 1.807) is 5.38 Å². The summed E-state index contributed by atoms with van der Waals surface area (Å²) in [4.78, 5) is 35.1. The van der Waals surface area contributed by atoms with Crippen LogP contribution in [0.4, 0.5) is 9.80 Å². The Kier molecular flexibility index (Phi) is 5.48. The number of carbonyl (C=O) groups excluding carboxylic acids is 3. The Hall–Kier alpha value is -2.67. The van der Waals surface area contributed by atoms with Crippen molar-refractivity contribution in [3.8, 4) is 0 Å². The van der Waals surface area contributed by atoms with Gasteiger partial charge in [0.1, 0.15) is 5.00 Å². The number of anilines is 1. The van der Waals surface area contributed by atoms with Crippen LogP contribution in [0.2, 0.25) is 0 Å². The molecule has 0 fully saturated rings. The summed E-state index contributed by atoms with van der Waals surface area (Å²) in [5.41, 5.74) is 2.22. The number of carbonyl (C=O) groups is 3. The first-order chi connectivity index (χ1) is 11.0. The fraction of sp³-hybridized carbons (Fsp3) is 0.188. The summed E-state index contributed by atoms with van der Waals surface area (Å²) in [6.07, 6.45) is -0.644. The Morgan fingerprint density at radius 1 is 1.13 bits per heavy atom. The number of ether oxygens (including phenoxy) is 1. The molecule has 0 aliphatic heterocycles. The zero-order valence-corrected chi connectivity index (χ0v) is 13.5. The van der Waals surface area contributed by atoms with Crippen molar-refractivity contribution < 1.29 is 19.1 Å². The van der Waals surface area contributed by atoms with Crippen molar-refractivity contribution >= 4 is 34.2 Å². The minimum absolute atomic E-state index is 0.205. The van der Waals surface area contributed by atoms with Gasteiger partial charge >= 0.3 is 6.09 Å². The minimum Gasteiger partial charge on any atom is -0.453 e. The molecule has 1 aromatic carbocycles. The molecule has 0 spiro atoms. The van der Waals surface area contributed by atoms with Gasteiger partial charge in [-0.05, 0) is 23.9 Å². The molecule has 2 rings (SSSR count). The zero-order chi connectivity index (χ0) is 16.8. The van der Waals surface area contributed by atoms with E-state index in [1.165, 1.54) is 24.5 Å². The second-order valence-electron chi connectivity index (χ2n) is 4.82. The fourth-order valence-corrected chi connectivity index (χ4v) is 2.66. The van der Waals surface area contributed by atoms with E-state index < -0.39 is 12.0 Å². The van der Waals surface area contributed by atoms with Crippen molar-refractivity contribution in [2.45, 2.75) is 13.3 Å². The Morgan fingerprint density at radius 3 is 2.48 bits per heavy atom. The van der Waals surface area contributed by atoms with E-state index in [4.69, 9.17) is 0 Å². The van der Waals surface area contributed by atoms with E-state index in [1.807, 2.05) is 31.2 Å². The Bertz CT molecular complexity index is 722. The standard InChI is InChI=1S/C16H16N2O4S/c1-10-3-5-11(6-4-10)9-13(19)17-15-12(7-8-23-15)14(20)18-16(21)22-2/h3-8H,9H2,1-2H3,(H,17,19)(H,18,20,21). The van der Waals surface area contributed by atoms with Crippen LogP contribution < -0.4 is 10.6 Å². The first-order valence-electron chi connectivity index (χ1n) is 6.82. The molecule has 0 bridgehead atoms. The predicted octanol–water partition coefficient (Wildman–Crippen LogP) is 2.73. The van der Waals surface area contributed by atoms with Gasteiger partial charge in [0, 0.05) is 0 Å². The molecular formula is C16H16N2O4S. The molecule has 0 saturated heterocycles. The van der Waals surface area contributed by atoms with Crippen LogP contribution in [0.1, 0.15) is 21.5 Å². The van der Waals surface area contributed by atoms with Crippen LogP contribution in [-0.4, -0.2) is 25.0 Å². The van der Waals surface area contributed by atoms with Gasteiger partial charge in [-0.1, -0.05) is 29.8 Å². The fourth-order valence-electron chi connectivity index (χ4n) is 1.86. The molecule has 0 atom stereocenters. The number of imide groups is 1. The number of rotatable bonds is 4. The quantitative estimate of drug-likeness (QED) is 0.901. The monoisotopic (exact) mass is 332 g/mol. The summed E-state index contributed by atoms with van der Waals surface area (Å²) < 4.78 is 4.37. The second-order valence-corrected chi connectivity index (χ2v) is 5.74. The second kappa shape index (κ2) is 7.55. The summed E-state index contributed by atoms with van der Waals surface area (Å²) in [7, 11) is 1.17. The van der Waals surface area contributed by atoms with Crippen LogP contribution in [0.15, 0.2) is 35.7 Å². The van der Waals surface area contributed by atoms with Crippen LogP contribution in [0.5, 0.6) is 0 Å². The zero-order valence-electron chi connectivity index (χ0n) is 12.7. The number of thiophene rings is 1. The van der Waals surface area contributed by atoms with Crippen LogP contribution in [0, 0.1) is 6.92 Å². The van der Waals surface area contributed by atoms with Gasteiger partial charge in [-0.25, -0.2) is 4.79 Å². The van der Waals surface area contributed by atoms with Crippen molar-refractivity contribution in [2.75, 3.05) is 12.4 Å². The molecule has 0 aliphatic rings. The predicted molar refractivity (Wildman–Crippen MR) is 87.7 cm³/mol. The Labute approximate surface area is 137 Å². The minimum atomic E-state index is -0.849. The van der Waals surface area contributed by atoms with E-state index in [0.717, 1.165) is 11.1 Å². The molecule has 2 N–H and O–H groups in total. The maximum Gasteiger partial charge on any atom is 0.413 e. The normalized spacial score (nSPS) is 10.0. The number of nitrogens with one attached hydrogen (secondary N) is 2. The first-order valence-corrected chi connectivity index (χ1v) is 7.69. The van der Waals surface area contributed by atoms with Gasteiger partial charge in [0.15, 0.2) is 0 Å². The van der Waals surface area contributed by atoms with Gasteiger partial charge in [0.05, 0.1) is 19.1 Å². The summed E-state index contributed by atoms with van der Waals surface area (Å²) in [5.74, 6) is -0.854. The average Bonchev–Trinajstić information content (AvgIpc) is 2.97. The van der Waals surface area contributed by atoms with E-state index in [2.05, 4.69) is 15.4 Å². The van der Waals surface area contributed by atoms with E-state index in [-0.39, 0.29) is 17.9 Å². The highest BCUT2D eigenvalue weighted by Crippen LogP contribution is 2.23. The largest absolute Gasteiger partial charge is 0.453 e. The molecule has 3 amide bonds. The topological polar surface area (TPSA) is 84.5 Å². The highest BCUT2D eigenvalue weighted by atomic mass is 32.1. The number of benzene rings is 1. The van der Waals surface area contributed by atoms with Crippen LogP contribution in [0.25, 0.3) is 0 Å². The third-order valence-corrected chi connectivity index (χ3v) is 3.88. The lowest BCUT2D eigenvalue weighted by atomic mass is 10.1. The lowest BCUT2D eigenvalue weighted by molar-refractivity contribution is -0.115. The summed E-state index contributed by atoms with van der Waals surface area (Å²) >= 11 is 1.21. The van der Waals surface area contributed by atoms with Crippen molar-refractivity contribution in [3.63, 3.8) is 0 Å². The molecule has 0 unspecified atom stereocenters. The van der Waals surface area contributed by atoms with Crippen LogP contribution in [0.3, 0.4) is 0 Å². The van der Waals surface area contributed by atoms with Crippen molar-refractivity contribution in [1.82, 2.24) is 5.32 Å². The van der Waals surface area contributed by atoms with Crippen molar-refractivity contribution in [1.29, 1.82) is 0 Å². The van der Waals surface area contributed by atoms with E-state index in [9.17, 15) is 14.4 Å². The molecule has 6 nitrogen and oxygen atoms in total. The van der Waals surface area contributed by atoms with Crippen molar-refractivity contribution in [2.24, 2.45) is 0 Å². The lowest BCUT2D eigenvalue weighted by Crippen LogP contribution is -2.30. The van der Waals surface area contributed by atoms with Crippen molar-refractivity contribution in [3.05, 3.63) is 52.4 Å². The van der Waals surface area contributed by atoms with Gasteiger partial charge < -0.3 is 10.1 Å². The third-order valence-electron chi connectivity index (χ3n) is 3.05. The molecule has 1 heterocycles. The molecule has 120 valence electrons. The number of hydrogen-bond donors (Lipinski definition) is 2. The average molecular weight is 332 g/mol. The van der Waals surface area contributed by atoms with Gasteiger partial charge in [-0.3, -0.25) is 14.9 Å². The molecule has 0 radical (unpaired) electrons. The van der Waals surface area contributed by atoms with Crippen LogP contribution in [-0.2, 0) is 16.0 Å². The molecule has 0 aliphatic carbocycles. The van der Waals surface area contributed by atoms with Gasteiger partial charge in [0.2, 0.25) is 5.91 Å². The molecule has 0 saturated carbocycles. The highest BCUT2D eigenvalue weighted by Gasteiger charge is 2.17. The Morgan fingerprint density at radius 2 is 1.83 bits per heavy atom. The van der Waals surface area contributed by atoms with E-state index in [0.29, 0.717) is 5.00 Å². The van der Waals surface area contributed by atoms with Gasteiger partial charge in [-0.15, -0.1) is 11.3 Å². The van der Waals surface area contributed by atoms with Gasteiger partial charge in [0.25, 0.3) is 5.91 Å². The molecule has 2 aromatic rings. The maximum absolute atomic E-state index is 12.1. The third kappa shape index (κ3) is 4.65. The molecule has 7 heteroatoms. The smallest absolute Gasteiger partial charge is 0.413 e. The maximum atomic E-state index is 12.1. The first kappa shape index (κ1) is 16.7. The summed E-state index contributed by atoms with van der Waals surface area (Å²) in [5, 5.41) is 6.80. The highest BCUT2D eigenvalue weighted by molar-refractivity contribution is 7.14. The number of alkyl carbamates (subject to hydrolysis) is 1. The number of methoxy groups -OCH3 is 1. The number of amides is 3. The number of hydrogen-bond acceptors (Lipinski definition) is 5. The van der Waals surface area contributed by atoms with E-state index >= 15 is 0 Å². The number of aryl methyl sites for hydroxylation is 1.